The first-order valence-corrected chi connectivity index (χ1v) is 8.74. The lowest BCUT2D eigenvalue weighted by Gasteiger charge is -2.11. The summed E-state index contributed by atoms with van der Waals surface area (Å²) in [6.07, 6.45) is 0.344. The molecule has 0 N–H and O–H groups in total. The minimum absolute atomic E-state index is 0.273. The number of pyridine rings is 1. The highest BCUT2D eigenvalue weighted by molar-refractivity contribution is 5.89. The van der Waals surface area contributed by atoms with Gasteiger partial charge in [0.05, 0.1) is 0 Å². The number of aromatic nitrogens is 5. The predicted molar refractivity (Wildman–Crippen MR) is 94.6 cm³/mol. The smallest absolute Gasteiger partial charge is 0.406 e. The average Bonchev–Trinajstić information content (AvgIpc) is 3.35. The third kappa shape index (κ3) is 2.79. The van der Waals surface area contributed by atoms with Crippen LogP contribution in [-0.2, 0) is 13.0 Å². The van der Waals surface area contributed by atoms with Crippen LogP contribution >= 0.6 is 0 Å². The molecule has 9 heteroatoms. The molecule has 1 aliphatic rings. The van der Waals surface area contributed by atoms with Crippen LogP contribution in [0, 0.1) is 0 Å². The lowest BCUT2D eigenvalue weighted by atomic mass is 9.98. The molecule has 6 nitrogen and oxygen atoms in total. The van der Waals surface area contributed by atoms with Crippen molar-refractivity contribution in [3.63, 3.8) is 0 Å². The van der Waals surface area contributed by atoms with Crippen LogP contribution in [0.3, 0.4) is 0 Å². The van der Waals surface area contributed by atoms with Gasteiger partial charge in [-0.25, -0.2) is 9.50 Å². The van der Waals surface area contributed by atoms with Crippen molar-refractivity contribution in [2.75, 3.05) is 0 Å². The van der Waals surface area contributed by atoms with Gasteiger partial charge in [0.15, 0.2) is 5.65 Å². The number of hydrogen-bond acceptors (Lipinski definition) is 4. The van der Waals surface area contributed by atoms with Crippen LogP contribution in [0.4, 0.5) is 13.2 Å². The van der Waals surface area contributed by atoms with Gasteiger partial charge in [0.2, 0.25) is 0 Å². The molecule has 0 unspecified atom stereocenters. The lowest BCUT2D eigenvalue weighted by Crippen LogP contribution is -2.17. The number of rotatable bonds is 3. The summed E-state index contributed by atoms with van der Waals surface area (Å²) in [6, 6.07) is 9.69. The zero-order valence-corrected chi connectivity index (χ0v) is 14.5. The highest BCUT2D eigenvalue weighted by Crippen LogP contribution is 2.39. The largest absolute Gasteiger partial charge is 0.573 e. The zero-order chi connectivity index (χ0) is 19.3. The highest BCUT2D eigenvalue weighted by Gasteiger charge is 2.31. The van der Waals surface area contributed by atoms with Crippen molar-refractivity contribution in [1.29, 1.82) is 0 Å². The van der Waals surface area contributed by atoms with Crippen molar-refractivity contribution in [2.24, 2.45) is 0 Å². The first-order chi connectivity index (χ1) is 13.5. The van der Waals surface area contributed by atoms with Crippen molar-refractivity contribution in [3.8, 4) is 28.1 Å². The van der Waals surface area contributed by atoms with Gasteiger partial charge in [0.1, 0.15) is 17.8 Å². The Morgan fingerprint density at radius 3 is 2.86 bits per heavy atom. The summed E-state index contributed by atoms with van der Waals surface area (Å²) in [4.78, 5) is 4.34. The first kappa shape index (κ1) is 16.8. The fraction of sp³-hybridized carbons (Fsp3) is 0.211. The molecule has 5 rings (SSSR count). The molecular formula is C19H14F3N5O. The topological polar surface area (TPSA) is 57.2 Å². The van der Waals surface area contributed by atoms with Gasteiger partial charge in [-0.3, -0.25) is 4.68 Å². The van der Waals surface area contributed by atoms with E-state index >= 15 is 0 Å². The Labute approximate surface area is 157 Å². The van der Waals surface area contributed by atoms with E-state index in [2.05, 4.69) is 19.9 Å². The van der Waals surface area contributed by atoms with Gasteiger partial charge in [-0.2, -0.15) is 10.2 Å². The van der Waals surface area contributed by atoms with Gasteiger partial charge in [-0.15, -0.1) is 13.2 Å². The Balaban J connectivity index is 1.70. The van der Waals surface area contributed by atoms with Crippen LogP contribution in [0.1, 0.15) is 12.1 Å². The van der Waals surface area contributed by atoms with Crippen molar-refractivity contribution in [3.05, 3.63) is 54.6 Å². The van der Waals surface area contributed by atoms with E-state index in [0.717, 1.165) is 36.2 Å². The van der Waals surface area contributed by atoms with Crippen molar-refractivity contribution < 1.29 is 17.9 Å². The first-order valence-electron chi connectivity index (χ1n) is 8.74. The molecule has 0 aliphatic carbocycles. The number of halogens is 3. The number of hydrogen-bond donors (Lipinski definition) is 0. The van der Waals surface area contributed by atoms with E-state index in [0.29, 0.717) is 16.9 Å². The third-order valence-corrected chi connectivity index (χ3v) is 4.76. The predicted octanol–water partition coefficient (Wildman–Crippen LogP) is 4.10. The van der Waals surface area contributed by atoms with Gasteiger partial charge in [0.25, 0.3) is 0 Å². The molecule has 0 atom stereocenters. The number of nitrogens with zero attached hydrogens (tertiary/aromatic N) is 5. The Kier molecular flexibility index (Phi) is 3.65. The second kappa shape index (κ2) is 6.08. The van der Waals surface area contributed by atoms with Gasteiger partial charge < -0.3 is 4.74 Å². The molecule has 4 aromatic rings. The van der Waals surface area contributed by atoms with Crippen LogP contribution < -0.4 is 4.74 Å². The molecule has 0 radical (unpaired) electrons. The molecule has 0 fully saturated rings. The monoisotopic (exact) mass is 385 g/mol. The van der Waals surface area contributed by atoms with Crippen molar-refractivity contribution >= 4 is 5.65 Å². The second-order valence-electron chi connectivity index (χ2n) is 6.52. The molecule has 142 valence electrons. The minimum atomic E-state index is -4.75. The maximum absolute atomic E-state index is 12.6. The summed E-state index contributed by atoms with van der Waals surface area (Å²) >= 11 is 0. The summed E-state index contributed by atoms with van der Waals surface area (Å²) < 4.78 is 45.6. The molecule has 1 aromatic carbocycles. The summed E-state index contributed by atoms with van der Waals surface area (Å²) in [6.45, 7) is 0.775. The van der Waals surface area contributed by atoms with E-state index in [1.807, 2.05) is 16.8 Å². The minimum Gasteiger partial charge on any atom is -0.406 e. The number of ether oxygens (including phenoxy) is 1. The third-order valence-electron chi connectivity index (χ3n) is 4.76. The lowest BCUT2D eigenvalue weighted by molar-refractivity contribution is -0.274. The number of fused-ring (bicyclic) bond motifs is 2. The summed E-state index contributed by atoms with van der Waals surface area (Å²) in [5.74, 6) is -0.273. The Morgan fingerprint density at radius 2 is 2.00 bits per heavy atom. The van der Waals surface area contributed by atoms with Gasteiger partial charge >= 0.3 is 6.36 Å². The summed E-state index contributed by atoms with van der Waals surface area (Å²) in [5.41, 5.74) is 4.61. The number of aryl methyl sites for hydroxylation is 1. The molecule has 0 saturated heterocycles. The van der Waals surface area contributed by atoms with Gasteiger partial charge in [-0.05, 0) is 37.1 Å². The second-order valence-corrected chi connectivity index (χ2v) is 6.52. The van der Waals surface area contributed by atoms with E-state index in [-0.39, 0.29) is 5.75 Å². The molecule has 4 heterocycles. The van der Waals surface area contributed by atoms with Crippen molar-refractivity contribution in [2.45, 2.75) is 25.7 Å². The molecule has 3 aromatic heterocycles. The van der Waals surface area contributed by atoms with E-state index in [1.54, 1.807) is 16.8 Å². The Bertz CT molecular complexity index is 1180. The fourth-order valence-corrected chi connectivity index (χ4v) is 3.70. The van der Waals surface area contributed by atoms with Crippen LogP contribution in [0.15, 0.2) is 48.9 Å². The summed E-state index contributed by atoms with van der Waals surface area (Å²) in [5, 5.41) is 8.86. The van der Waals surface area contributed by atoms with Crippen LogP contribution in [0.2, 0.25) is 0 Å². The number of alkyl halides is 3. The molecule has 0 bridgehead atoms. The molecule has 0 saturated carbocycles. The average molecular weight is 385 g/mol. The van der Waals surface area contributed by atoms with Crippen molar-refractivity contribution in [1.82, 2.24) is 24.4 Å². The van der Waals surface area contributed by atoms with E-state index in [9.17, 15) is 13.2 Å². The van der Waals surface area contributed by atoms with Gasteiger partial charge in [-0.1, -0.05) is 12.1 Å². The molecule has 28 heavy (non-hydrogen) atoms. The standard InChI is InChI=1S/C19H14F3N5O/c20-19(21,22)28-13-5-1-4-12(10-13)17-16(15-7-3-8-26(15)25-17)14-6-2-9-27-18(14)23-11-24-27/h1-2,4-6,9-11H,3,7-8H2. The zero-order valence-electron chi connectivity index (χ0n) is 14.5. The maximum atomic E-state index is 12.6. The molecular weight excluding hydrogens is 371 g/mol. The Morgan fingerprint density at radius 1 is 1.11 bits per heavy atom. The van der Waals surface area contributed by atoms with E-state index in [1.165, 1.54) is 24.5 Å². The molecule has 1 aliphatic heterocycles. The van der Waals surface area contributed by atoms with Crippen LogP contribution in [0.25, 0.3) is 28.0 Å². The highest BCUT2D eigenvalue weighted by atomic mass is 19.4. The molecule has 0 spiro atoms. The maximum Gasteiger partial charge on any atom is 0.573 e. The Hall–Kier alpha value is -3.36. The summed E-state index contributed by atoms with van der Waals surface area (Å²) in [7, 11) is 0. The van der Waals surface area contributed by atoms with Crippen LogP contribution in [-0.4, -0.2) is 30.7 Å². The van der Waals surface area contributed by atoms with E-state index in [4.69, 9.17) is 0 Å². The van der Waals surface area contributed by atoms with E-state index < -0.39 is 6.36 Å². The molecule has 0 amide bonds. The fourth-order valence-electron chi connectivity index (χ4n) is 3.70. The SMILES string of the molecule is FC(F)(F)Oc1cccc(-c2nn3c(c2-c2cccn4ncnc24)CCC3)c1. The van der Waals surface area contributed by atoms with Crippen LogP contribution in [0.5, 0.6) is 5.75 Å². The van der Waals surface area contributed by atoms with Gasteiger partial charge in [0, 0.05) is 35.1 Å². The normalized spacial score (nSPS) is 13.8. The quantitative estimate of drug-likeness (QED) is 0.533. The number of benzene rings is 1.